The summed E-state index contributed by atoms with van der Waals surface area (Å²) in [5, 5.41) is 0. The average molecular weight is 346 g/mol. The van der Waals surface area contributed by atoms with Crippen molar-refractivity contribution in [2.24, 2.45) is 0 Å². The minimum Gasteiger partial charge on any atom is -0.474 e. The number of ether oxygens (including phenoxy) is 4. The molecule has 2 N–H and O–H groups in total. The highest BCUT2D eigenvalue weighted by Gasteiger charge is 2.03. The highest BCUT2D eigenvalue weighted by atomic mass is 16.6. The standard InChI is InChI=1S/C19H26N2O4/c1-16-7-8-21-19(18(16)20)25-14-13-23-10-9-22-11-12-24-15-17-5-3-2-4-6-17/h2-8H,9-15,20H2,1H3. The maximum atomic E-state index is 5.88. The van der Waals surface area contributed by atoms with Gasteiger partial charge >= 0.3 is 0 Å². The van der Waals surface area contributed by atoms with Crippen LogP contribution in [0.15, 0.2) is 42.6 Å². The molecule has 1 aromatic heterocycles. The molecule has 0 bridgehead atoms. The van der Waals surface area contributed by atoms with Crippen LogP contribution >= 0.6 is 0 Å². The van der Waals surface area contributed by atoms with Crippen LogP contribution in [-0.2, 0) is 20.8 Å². The Morgan fingerprint density at radius 2 is 1.48 bits per heavy atom. The van der Waals surface area contributed by atoms with Crippen LogP contribution < -0.4 is 10.5 Å². The van der Waals surface area contributed by atoms with Gasteiger partial charge in [0.1, 0.15) is 6.61 Å². The summed E-state index contributed by atoms with van der Waals surface area (Å²) < 4.78 is 21.9. The molecule has 0 saturated heterocycles. The highest BCUT2D eigenvalue weighted by Crippen LogP contribution is 2.20. The third-order valence-electron chi connectivity index (χ3n) is 3.49. The van der Waals surface area contributed by atoms with Crippen LogP contribution in [0.3, 0.4) is 0 Å². The van der Waals surface area contributed by atoms with Gasteiger partial charge in [0.2, 0.25) is 5.88 Å². The molecule has 0 unspecified atom stereocenters. The monoisotopic (exact) mass is 346 g/mol. The molecule has 0 aliphatic carbocycles. The van der Waals surface area contributed by atoms with E-state index in [-0.39, 0.29) is 0 Å². The predicted molar refractivity (Wildman–Crippen MR) is 96.6 cm³/mol. The third-order valence-corrected chi connectivity index (χ3v) is 3.49. The Hall–Kier alpha value is -2.15. The quantitative estimate of drug-likeness (QED) is 0.595. The van der Waals surface area contributed by atoms with Crippen molar-refractivity contribution in [2.45, 2.75) is 13.5 Å². The van der Waals surface area contributed by atoms with E-state index < -0.39 is 0 Å². The fourth-order valence-corrected chi connectivity index (χ4v) is 2.06. The van der Waals surface area contributed by atoms with Crippen molar-refractivity contribution in [1.29, 1.82) is 0 Å². The van der Waals surface area contributed by atoms with Crippen molar-refractivity contribution in [3.05, 3.63) is 53.7 Å². The number of benzene rings is 1. The van der Waals surface area contributed by atoms with Crippen molar-refractivity contribution < 1.29 is 18.9 Å². The van der Waals surface area contributed by atoms with Gasteiger partial charge in [-0.05, 0) is 24.1 Å². The summed E-state index contributed by atoms with van der Waals surface area (Å²) in [7, 11) is 0. The molecule has 6 heteroatoms. The third kappa shape index (κ3) is 7.51. The summed E-state index contributed by atoms with van der Waals surface area (Å²) in [6.07, 6.45) is 1.68. The van der Waals surface area contributed by atoms with Gasteiger partial charge in [-0.1, -0.05) is 30.3 Å². The number of hydrogen-bond donors (Lipinski definition) is 1. The van der Waals surface area contributed by atoms with Gasteiger partial charge in [0.15, 0.2) is 0 Å². The minimum atomic E-state index is 0.404. The summed E-state index contributed by atoms with van der Waals surface area (Å²) >= 11 is 0. The van der Waals surface area contributed by atoms with Crippen LogP contribution in [0.2, 0.25) is 0 Å². The SMILES string of the molecule is Cc1ccnc(OCCOCCOCCOCc2ccccc2)c1N. The van der Waals surface area contributed by atoms with E-state index in [0.717, 1.165) is 11.1 Å². The van der Waals surface area contributed by atoms with Crippen molar-refractivity contribution >= 4 is 5.69 Å². The number of nitrogen functional groups attached to an aromatic ring is 1. The molecular weight excluding hydrogens is 320 g/mol. The highest BCUT2D eigenvalue weighted by molar-refractivity contribution is 5.53. The van der Waals surface area contributed by atoms with Gasteiger partial charge in [0.25, 0.3) is 0 Å². The largest absolute Gasteiger partial charge is 0.474 e. The van der Waals surface area contributed by atoms with Crippen LogP contribution in [0, 0.1) is 6.92 Å². The number of rotatable bonds is 12. The molecule has 0 aliphatic heterocycles. The summed E-state index contributed by atoms with van der Waals surface area (Å²) in [6.45, 7) is 5.55. The van der Waals surface area contributed by atoms with Crippen LogP contribution in [-0.4, -0.2) is 44.6 Å². The Kier molecular flexibility index (Phi) is 8.75. The van der Waals surface area contributed by atoms with Crippen LogP contribution in [0.4, 0.5) is 5.69 Å². The fraction of sp³-hybridized carbons (Fsp3) is 0.421. The van der Waals surface area contributed by atoms with E-state index in [2.05, 4.69) is 4.98 Å². The normalized spacial score (nSPS) is 10.8. The van der Waals surface area contributed by atoms with E-state index in [4.69, 9.17) is 24.7 Å². The molecule has 0 atom stereocenters. The zero-order valence-electron chi connectivity index (χ0n) is 14.6. The average Bonchev–Trinajstić information content (AvgIpc) is 2.64. The number of nitrogens with two attached hydrogens (primary N) is 1. The van der Waals surface area contributed by atoms with Crippen LogP contribution in [0.25, 0.3) is 0 Å². The number of aromatic nitrogens is 1. The molecule has 0 amide bonds. The first-order valence-electron chi connectivity index (χ1n) is 8.38. The van der Waals surface area contributed by atoms with E-state index in [9.17, 15) is 0 Å². The molecule has 2 rings (SSSR count). The summed E-state index contributed by atoms with van der Waals surface area (Å²) in [5.74, 6) is 0.454. The number of anilines is 1. The Morgan fingerprint density at radius 3 is 2.20 bits per heavy atom. The molecule has 0 saturated carbocycles. The molecule has 136 valence electrons. The summed E-state index contributed by atoms with van der Waals surface area (Å²) in [5.41, 5.74) is 8.56. The summed E-state index contributed by atoms with van der Waals surface area (Å²) in [4.78, 5) is 4.10. The van der Waals surface area contributed by atoms with E-state index in [0.29, 0.717) is 57.8 Å². The van der Waals surface area contributed by atoms with E-state index in [1.807, 2.05) is 43.3 Å². The van der Waals surface area contributed by atoms with Gasteiger partial charge in [-0.25, -0.2) is 4.98 Å². The Morgan fingerprint density at radius 1 is 0.840 bits per heavy atom. The molecule has 1 aromatic carbocycles. The zero-order valence-corrected chi connectivity index (χ0v) is 14.6. The zero-order chi connectivity index (χ0) is 17.7. The van der Waals surface area contributed by atoms with Gasteiger partial charge in [-0.15, -0.1) is 0 Å². The van der Waals surface area contributed by atoms with Crippen LogP contribution in [0.5, 0.6) is 5.88 Å². The lowest BCUT2D eigenvalue weighted by Gasteiger charge is -2.10. The number of aryl methyl sites for hydroxylation is 1. The van der Waals surface area contributed by atoms with Crippen molar-refractivity contribution in [1.82, 2.24) is 4.98 Å². The molecule has 6 nitrogen and oxygen atoms in total. The Bertz CT molecular complexity index is 608. The second kappa shape index (κ2) is 11.4. The van der Waals surface area contributed by atoms with Gasteiger partial charge in [0.05, 0.1) is 45.3 Å². The van der Waals surface area contributed by atoms with E-state index in [1.165, 1.54) is 0 Å². The molecule has 0 radical (unpaired) electrons. The van der Waals surface area contributed by atoms with E-state index in [1.54, 1.807) is 6.20 Å². The topological polar surface area (TPSA) is 75.8 Å². The lowest BCUT2D eigenvalue weighted by Crippen LogP contribution is -2.13. The predicted octanol–water partition coefficient (Wildman–Crippen LogP) is 2.60. The Labute approximate surface area is 148 Å². The molecule has 0 spiro atoms. The lowest BCUT2D eigenvalue weighted by atomic mass is 10.2. The minimum absolute atomic E-state index is 0.404. The summed E-state index contributed by atoms with van der Waals surface area (Å²) in [6, 6.07) is 11.9. The van der Waals surface area contributed by atoms with Crippen LogP contribution in [0.1, 0.15) is 11.1 Å². The Balaban J connectivity index is 1.40. The van der Waals surface area contributed by atoms with Gasteiger partial charge in [0, 0.05) is 6.20 Å². The number of nitrogens with zero attached hydrogens (tertiary/aromatic N) is 1. The molecule has 0 aliphatic rings. The molecular formula is C19H26N2O4. The number of pyridine rings is 1. The van der Waals surface area contributed by atoms with Crippen molar-refractivity contribution in [2.75, 3.05) is 45.4 Å². The van der Waals surface area contributed by atoms with Gasteiger partial charge in [-0.2, -0.15) is 0 Å². The van der Waals surface area contributed by atoms with Crippen molar-refractivity contribution in [3.8, 4) is 5.88 Å². The first-order chi connectivity index (χ1) is 12.3. The fourth-order valence-electron chi connectivity index (χ4n) is 2.06. The second-order valence-corrected chi connectivity index (χ2v) is 5.46. The van der Waals surface area contributed by atoms with Gasteiger partial charge in [-0.3, -0.25) is 0 Å². The molecule has 1 heterocycles. The second-order valence-electron chi connectivity index (χ2n) is 5.46. The molecule has 25 heavy (non-hydrogen) atoms. The van der Waals surface area contributed by atoms with E-state index >= 15 is 0 Å². The smallest absolute Gasteiger partial charge is 0.237 e. The lowest BCUT2D eigenvalue weighted by molar-refractivity contribution is 0.00580. The first-order valence-corrected chi connectivity index (χ1v) is 8.38. The maximum Gasteiger partial charge on any atom is 0.237 e. The van der Waals surface area contributed by atoms with Crippen molar-refractivity contribution in [3.63, 3.8) is 0 Å². The first kappa shape index (κ1) is 19.2. The molecule has 2 aromatic rings. The number of hydrogen-bond acceptors (Lipinski definition) is 6. The molecule has 0 fully saturated rings. The van der Waals surface area contributed by atoms with Gasteiger partial charge < -0.3 is 24.7 Å². The maximum absolute atomic E-state index is 5.88.